The Morgan fingerprint density at radius 2 is 2.00 bits per heavy atom. The van der Waals surface area contributed by atoms with Crippen LogP contribution in [0.1, 0.15) is 13.3 Å². The van der Waals surface area contributed by atoms with Crippen molar-refractivity contribution in [1.82, 2.24) is 4.72 Å². The molecule has 0 radical (unpaired) electrons. The first kappa shape index (κ1) is 13.1. The largest absolute Gasteiger partial charge is 0.350 e. The highest BCUT2D eigenvalue weighted by Gasteiger charge is 2.23. The number of halogens is 3. The average Bonchev–Trinajstić information content (AvgIpc) is 2.01. The zero-order valence-corrected chi connectivity index (χ0v) is 8.71. The fraction of sp³-hybridized carbons (Fsp3) is 1.00. The molecule has 0 aliphatic carbocycles. The van der Waals surface area contributed by atoms with E-state index in [9.17, 15) is 17.2 Å². The van der Waals surface area contributed by atoms with Crippen molar-refractivity contribution in [3.63, 3.8) is 0 Å². The molecular formula is C6H12ClF2NO2S. The van der Waals surface area contributed by atoms with E-state index in [1.807, 2.05) is 0 Å². The molecule has 0 amide bonds. The van der Waals surface area contributed by atoms with Crippen LogP contribution < -0.4 is 4.72 Å². The number of sulfonamides is 1. The Bertz CT molecular complexity index is 233. The Balaban J connectivity index is 3.89. The van der Waals surface area contributed by atoms with Crippen LogP contribution in [0.25, 0.3) is 0 Å². The molecule has 13 heavy (non-hydrogen) atoms. The monoisotopic (exact) mass is 235 g/mol. The summed E-state index contributed by atoms with van der Waals surface area (Å²) >= 11 is 5.38. The molecule has 0 heterocycles. The number of hydrogen-bond donors (Lipinski definition) is 1. The minimum Gasteiger partial charge on any atom is -0.210 e. The van der Waals surface area contributed by atoms with Crippen LogP contribution in [0.5, 0.6) is 0 Å². The molecule has 0 saturated carbocycles. The molecule has 0 bridgehead atoms. The van der Waals surface area contributed by atoms with Crippen LogP contribution in [0.4, 0.5) is 8.78 Å². The summed E-state index contributed by atoms with van der Waals surface area (Å²) in [5.74, 6) is -3.01. The maximum Gasteiger partial charge on any atom is 0.350 e. The van der Waals surface area contributed by atoms with Crippen LogP contribution in [-0.4, -0.2) is 26.6 Å². The summed E-state index contributed by atoms with van der Waals surface area (Å²) in [5.41, 5.74) is 0. The minimum atomic E-state index is -4.44. The molecule has 80 valence electrons. The van der Waals surface area contributed by atoms with E-state index in [0.29, 0.717) is 12.3 Å². The van der Waals surface area contributed by atoms with E-state index in [2.05, 4.69) is 0 Å². The Morgan fingerprint density at radius 3 is 2.38 bits per heavy atom. The van der Waals surface area contributed by atoms with Gasteiger partial charge in [-0.05, 0) is 12.3 Å². The molecule has 7 heteroatoms. The van der Waals surface area contributed by atoms with Gasteiger partial charge in [-0.15, -0.1) is 11.6 Å². The second-order valence-electron chi connectivity index (χ2n) is 2.74. The molecule has 3 nitrogen and oxygen atoms in total. The first-order valence-electron chi connectivity index (χ1n) is 3.72. The Morgan fingerprint density at radius 1 is 1.46 bits per heavy atom. The highest BCUT2D eigenvalue weighted by molar-refractivity contribution is 7.89. The van der Waals surface area contributed by atoms with Crippen molar-refractivity contribution in [3.05, 3.63) is 0 Å². The Kier molecular flexibility index (Phi) is 5.75. The molecule has 0 aromatic rings. The molecule has 1 unspecified atom stereocenters. The predicted molar refractivity (Wildman–Crippen MR) is 47.4 cm³/mol. The van der Waals surface area contributed by atoms with Gasteiger partial charge >= 0.3 is 5.76 Å². The van der Waals surface area contributed by atoms with Crippen LogP contribution >= 0.6 is 11.6 Å². The van der Waals surface area contributed by atoms with E-state index in [1.165, 1.54) is 0 Å². The van der Waals surface area contributed by atoms with Crippen LogP contribution in [-0.2, 0) is 10.0 Å². The topological polar surface area (TPSA) is 46.2 Å². The third-order valence-electron chi connectivity index (χ3n) is 1.47. The van der Waals surface area contributed by atoms with E-state index in [1.54, 1.807) is 11.6 Å². The van der Waals surface area contributed by atoms with E-state index in [0.717, 1.165) is 0 Å². The fourth-order valence-electron chi connectivity index (χ4n) is 0.610. The van der Waals surface area contributed by atoms with Crippen LogP contribution in [0.2, 0.25) is 0 Å². The molecule has 0 aromatic carbocycles. The fourth-order valence-corrected chi connectivity index (χ4v) is 1.63. The van der Waals surface area contributed by atoms with Gasteiger partial charge in [-0.25, -0.2) is 13.1 Å². The van der Waals surface area contributed by atoms with Crippen LogP contribution in [0, 0.1) is 5.92 Å². The van der Waals surface area contributed by atoms with Gasteiger partial charge in [-0.2, -0.15) is 8.78 Å². The summed E-state index contributed by atoms with van der Waals surface area (Å²) in [7, 11) is -4.44. The highest BCUT2D eigenvalue weighted by atomic mass is 35.5. The van der Waals surface area contributed by atoms with Crippen LogP contribution in [0.15, 0.2) is 0 Å². The summed E-state index contributed by atoms with van der Waals surface area (Å²) in [6.07, 6.45) is 0.591. The van der Waals surface area contributed by atoms with Crippen molar-refractivity contribution >= 4 is 21.6 Å². The Hall–Kier alpha value is 0.0600. The second kappa shape index (κ2) is 5.72. The molecular weight excluding hydrogens is 224 g/mol. The lowest BCUT2D eigenvalue weighted by Crippen LogP contribution is -2.32. The van der Waals surface area contributed by atoms with E-state index >= 15 is 0 Å². The summed E-state index contributed by atoms with van der Waals surface area (Å²) in [6.45, 7) is 1.73. The molecule has 0 spiro atoms. The quantitative estimate of drug-likeness (QED) is 0.708. The molecule has 0 aliphatic rings. The first-order chi connectivity index (χ1) is 5.90. The molecule has 0 aromatic heterocycles. The van der Waals surface area contributed by atoms with Gasteiger partial charge in [-0.3, -0.25) is 0 Å². The smallest absolute Gasteiger partial charge is 0.210 e. The van der Waals surface area contributed by atoms with Gasteiger partial charge in [0.25, 0.3) is 10.0 Å². The number of rotatable bonds is 6. The highest BCUT2D eigenvalue weighted by Crippen LogP contribution is 2.05. The van der Waals surface area contributed by atoms with Crippen LogP contribution in [0.3, 0.4) is 0 Å². The average molecular weight is 236 g/mol. The molecule has 0 saturated heterocycles. The SMILES string of the molecule is CC(CCCl)CNS(=O)(=O)C(F)F. The van der Waals surface area contributed by atoms with Gasteiger partial charge in [0.05, 0.1) is 0 Å². The lowest BCUT2D eigenvalue weighted by Gasteiger charge is -2.10. The maximum atomic E-state index is 11.8. The van der Waals surface area contributed by atoms with Gasteiger partial charge < -0.3 is 0 Å². The lowest BCUT2D eigenvalue weighted by atomic mass is 10.1. The molecule has 1 atom stereocenters. The van der Waals surface area contributed by atoms with Crippen molar-refractivity contribution in [2.24, 2.45) is 5.92 Å². The summed E-state index contributed by atoms with van der Waals surface area (Å²) in [6, 6.07) is 0. The van der Waals surface area contributed by atoms with E-state index in [4.69, 9.17) is 11.6 Å². The van der Waals surface area contributed by atoms with Gasteiger partial charge in [0, 0.05) is 12.4 Å². The third-order valence-corrected chi connectivity index (χ3v) is 2.73. The van der Waals surface area contributed by atoms with Crippen molar-refractivity contribution in [3.8, 4) is 0 Å². The van der Waals surface area contributed by atoms with E-state index < -0.39 is 15.8 Å². The van der Waals surface area contributed by atoms with Crippen molar-refractivity contribution in [2.75, 3.05) is 12.4 Å². The molecule has 0 rings (SSSR count). The molecule has 0 aliphatic heterocycles. The van der Waals surface area contributed by atoms with Gasteiger partial charge in [0.2, 0.25) is 0 Å². The maximum absolute atomic E-state index is 11.8. The third kappa shape index (κ3) is 5.38. The number of hydrogen-bond acceptors (Lipinski definition) is 2. The normalized spacial score (nSPS) is 14.8. The Labute approximate surface area is 81.5 Å². The zero-order valence-electron chi connectivity index (χ0n) is 7.13. The summed E-state index contributed by atoms with van der Waals surface area (Å²) in [5, 5.41) is 0. The summed E-state index contributed by atoms with van der Waals surface area (Å²) < 4.78 is 46.4. The predicted octanol–water partition coefficient (Wildman–Crippen LogP) is 1.39. The van der Waals surface area contributed by atoms with Gasteiger partial charge in [-0.1, -0.05) is 6.92 Å². The van der Waals surface area contributed by atoms with Crippen molar-refractivity contribution < 1.29 is 17.2 Å². The summed E-state index contributed by atoms with van der Waals surface area (Å²) in [4.78, 5) is 0. The molecule has 1 N–H and O–H groups in total. The second-order valence-corrected chi connectivity index (χ2v) is 4.85. The van der Waals surface area contributed by atoms with Gasteiger partial charge in [0.1, 0.15) is 0 Å². The minimum absolute atomic E-state index is 0.000602. The standard InChI is InChI=1S/C6H12ClF2NO2S/c1-5(2-3-7)4-10-13(11,12)6(8)9/h5-6,10H,2-4H2,1H3. The van der Waals surface area contributed by atoms with Gasteiger partial charge in [0.15, 0.2) is 0 Å². The number of nitrogens with one attached hydrogen (secondary N) is 1. The van der Waals surface area contributed by atoms with Crippen molar-refractivity contribution in [2.45, 2.75) is 19.1 Å². The zero-order chi connectivity index (χ0) is 10.5. The lowest BCUT2D eigenvalue weighted by molar-refractivity contribution is 0.232. The first-order valence-corrected chi connectivity index (χ1v) is 5.81. The van der Waals surface area contributed by atoms with E-state index in [-0.39, 0.29) is 12.5 Å². The molecule has 0 fully saturated rings. The number of alkyl halides is 3. The van der Waals surface area contributed by atoms with Crippen molar-refractivity contribution in [1.29, 1.82) is 0 Å².